The quantitative estimate of drug-likeness (QED) is 0.931. The molecule has 8 heteroatoms. The van der Waals surface area contributed by atoms with Crippen LogP contribution in [-0.2, 0) is 13.1 Å². The van der Waals surface area contributed by atoms with Gasteiger partial charge in [-0.05, 0) is 12.8 Å². The number of rotatable bonds is 4. The third-order valence-corrected chi connectivity index (χ3v) is 4.88. The van der Waals surface area contributed by atoms with Crippen molar-refractivity contribution in [3.8, 4) is 0 Å². The number of hydrogen-bond acceptors (Lipinski definition) is 6. The Hall–Kier alpha value is -1.83. The number of thioether (sulfide) groups is 1. The van der Waals surface area contributed by atoms with E-state index in [1.165, 1.54) is 6.20 Å². The zero-order valence-corrected chi connectivity index (χ0v) is 12.9. The summed E-state index contributed by atoms with van der Waals surface area (Å²) in [6.45, 7) is 3.28. The summed E-state index contributed by atoms with van der Waals surface area (Å²) in [7, 11) is 0. The average Bonchev–Trinajstić information content (AvgIpc) is 3.23. The van der Waals surface area contributed by atoms with E-state index in [1.54, 1.807) is 11.8 Å². The van der Waals surface area contributed by atoms with Gasteiger partial charge in [-0.1, -0.05) is 11.8 Å². The van der Waals surface area contributed by atoms with Gasteiger partial charge < -0.3 is 14.8 Å². The maximum atomic E-state index is 13.9. The van der Waals surface area contributed by atoms with Crippen LogP contribution < -0.4 is 10.2 Å². The van der Waals surface area contributed by atoms with Gasteiger partial charge >= 0.3 is 0 Å². The number of halogens is 1. The number of anilines is 2. The van der Waals surface area contributed by atoms with E-state index >= 15 is 0 Å². The second-order valence-electron chi connectivity index (χ2n) is 5.47. The molecule has 0 unspecified atom stereocenters. The minimum atomic E-state index is -0.357. The molecule has 0 aromatic carbocycles. The molecule has 116 valence electrons. The molecule has 1 N–H and O–H groups in total. The number of fused-ring (bicyclic) bond motifs is 1. The summed E-state index contributed by atoms with van der Waals surface area (Å²) in [6.07, 6.45) is 5.47. The lowest BCUT2D eigenvalue weighted by Crippen LogP contribution is -2.21. The van der Waals surface area contributed by atoms with E-state index in [2.05, 4.69) is 24.8 Å². The SMILES string of the molecule is Fc1cnc(NCc2cn3c(n2)SCC3)nc1N1CCCC1. The first kappa shape index (κ1) is 13.8. The predicted octanol–water partition coefficient (Wildman–Crippen LogP) is 2.13. The minimum Gasteiger partial charge on any atom is -0.354 e. The topological polar surface area (TPSA) is 58.9 Å². The van der Waals surface area contributed by atoms with Crippen molar-refractivity contribution in [2.45, 2.75) is 31.1 Å². The lowest BCUT2D eigenvalue weighted by atomic mass is 10.4. The van der Waals surface area contributed by atoms with E-state index in [-0.39, 0.29) is 5.82 Å². The third-order valence-electron chi connectivity index (χ3n) is 3.91. The molecule has 0 radical (unpaired) electrons. The highest BCUT2D eigenvalue weighted by Gasteiger charge is 2.19. The van der Waals surface area contributed by atoms with Crippen molar-refractivity contribution >= 4 is 23.5 Å². The first-order valence-electron chi connectivity index (χ1n) is 7.50. The summed E-state index contributed by atoms with van der Waals surface area (Å²) in [5.74, 6) is 1.59. The number of imidazole rings is 1. The van der Waals surface area contributed by atoms with Gasteiger partial charge in [-0.3, -0.25) is 0 Å². The molecular formula is C14H17FN6S. The van der Waals surface area contributed by atoms with Crippen LogP contribution in [0.15, 0.2) is 17.6 Å². The van der Waals surface area contributed by atoms with Crippen LogP contribution in [0, 0.1) is 5.82 Å². The fourth-order valence-electron chi connectivity index (χ4n) is 2.81. The molecule has 4 heterocycles. The maximum absolute atomic E-state index is 13.9. The number of aryl methyl sites for hydroxylation is 1. The van der Waals surface area contributed by atoms with Crippen molar-refractivity contribution in [2.24, 2.45) is 0 Å². The van der Waals surface area contributed by atoms with Crippen LogP contribution in [0.1, 0.15) is 18.5 Å². The van der Waals surface area contributed by atoms with Gasteiger partial charge in [-0.15, -0.1) is 0 Å². The molecular weight excluding hydrogens is 303 g/mol. The summed E-state index contributed by atoms with van der Waals surface area (Å²) in [4.78, 5) is 14.9. The summed E-state index contributed by atoms with van der Waals surface area (Å²) in [6, 6.07) is 0. The maximum Gasteiger partial charge on any atom is 0.225 e. The molecule has 2 aromatic rings. The second-order valence-corrected chi connectivity index (χ2v) is 6.53. The molecule has 22 heavy (non-hydrogen) atoms. The van der Waals surface area contributed by atoms with Gasteiger partial charge in [0.1, 0.15) is 0 Å². The predicted molar refractivity (Wildman–Crippen MR) is 83.7 cm³/mol. The van der Waals surface area contributed by atoms with Gasteiger partial charge in [0.05, 0.1) is 18.4 Å². The van der Waals surface area contributed by atoms with Crippen molar-refractivity contribution in [3.63, 3.8) is 0 Å². The Morgan fingerprint density at radius 3 is 2.91 bits per heavy atom. The molecule has 6 nitrogen and oxygen atoms in total. The Labute approximate surface area is 132 Å². The van der Waals surface area contributed by atoms with E-state index in [0.717, 1.165) is 49.1 Å². The highest BCUT2D eigenvalue weighted by molar-refractivity contribution is 7.99. The molecule has 0 amide bonds. The molecule has 1 fully saturated rings. The van der Waals surface area contributed by atoms with Crippen LogP contribution in [-0.4, -0.2) is 38.4 Å². The van der Waals surface area contributed by atoms with Crippen LogP contribution >= 0.6 is 11.8 Å². The lowest BCUT2D eigenvalue weighted by Gasteiger charge is -2.17. The fourth-order valence-corrected chi connectivity index (χ4v) is 3.77. The molecule has 4 rings (SSSR count). The van der Waals surface area contributed by atoms with Crippen molar-refractivity contribution < 1.29 is 4.39 Å². The summed E-state index contributed by atoms with van der Waals surface area (Å²) < 4.78 is 16.0. The van der Waals surface area contributed by atoms with Crippen molar-refractivity contribution in [2.75, 3.05) is 29.1 Å². The number of nitrogens with zero attached hydrogens (tertiary/aromatic N) is 5. The minimum absolute atomic E-state index is 0.357. The smallest absolute Gasteiger partial charge is 0.225 e. The average molecular weight is 320 g/mol. The zero-order chi connectivity index (χ0) is 14.9. The number of hydrogen-bond donors (Lipinski definition) is 1. The van der Waals surface area contributed by atoms with Gasteiger partial charge in [-0.25, -0.2) is 14.4 Å². The zero-order valence-electron chi connectivity index (χ0n) is 12.1. The van der Waals surface area contributed by atoms with Crippen molar-refractivity contribution in [1.29, 1.82) is 0 Å². The highest BCUT2D eigenvalue weighted by atomic mass is 32.2. The Kier molecular flexibility index (Phi) is 3.61. The fraction of sp³-hybridized carbons (Fsp3) is 0.500. The van der Waals surface area contributed by atoms with Gasteiger partial charge in [0.2, 0.25) is 5.95 Å². The van der Waals surface area contributed by atoms with E-state index in [4.69, 9.17) is 0 Å². The molecule has 0 bridgehead atoms. The molecule has 1 saturated heterocycles. The monoisotopic (exact) mass is 320 g/mol. The number of aromatic nitrogens is 4. The summed E-state index contributed by atoms with van der Waals surface area (Å²) in [5.41, 5.74) is 0.956. The summed E-state index contributed by atoms with van der Waals surface area (Å²) in [5, 5.41) is 4.20. The normalized spacial score (nSPS) is 17.0. The highest BCUT2D eigenvalue weighted by Crippen LogP contribution is 2.25. The molecule has 2 aliphatic heterocycles. The van der Waals surface area contributed by atoms with Gasteiger partial charge in [-0.2, -0.15) is 4.98 Å². The largest absolute Gasteiger partial charge is 0.354 e. The molecule has 0 atom stereocenters. The Morgan fingerprint density at radius 2 is 2.09 bits per heavy atom. The van der Waals surface area contributed by atoms with Gasteiger partial charge in [0, 0.05) is 31.6 Å². The molecule has 0 saturated carbocycles. The van der Waals surface area contributed by atoms with E-state index in [0.29, 0.717) is 18.3 Å². The first-order chi connectivity index (χ1) is 10.8. The number of nitrogens with one attached hydrogen (secondary N) is 1. The Bertz CT molecular complexity index is 660. The Balaban J connectivity index is 1.46. The van der Waals surface area contributed by atoms with Crippen LogP contribution in [0.5, 0.6) is 0 Å². The van der Waals surface area contributed by atoms with E-state index < -0.39 is 0 Å². The summed E-state index contributed by atoms with van der Waals surface area (Å²) >= 11 is 1.77. The third kappa shape index (κ3) is 2.63. The van der Waals surface area contributed by atoms with Crippen LogP contribution in [0.4, 0.5) is 16.2 Å². The lowest BCUT2D eigenvalue weighted by molar-refractivity contribution is 0.608. The van der Waals surface area contributed by atoms with Crippen LogP contribution in [0.25, 0.3) is 0 Å². The molecule has 0 spiro atoms. The van der Waals surface area contributed by atoms with Crippen LogP contribution in [0.3, 0.4) is 0 Å². The molecule has 0 aliphatic carbocycles. The standard InChI is InChI=1S/C14H17FN6S/c15-11-8-17-13(19-12(11)20-3-1-2-4-20)16-7-10-9-21-5-6-22-14(21)18-10/h8-9H,1-7H2,(H,16,17,19). The van der Waals surface area contributed by atoms with Crippen molar-refractivity contribution in [3.05, 3.63) is 23.9 Å². The Morgan fingerprint density at radius 1 is 1.23 bits per heavy atom. The van der Waals surface area contributed by atoms with Gasteiger partial charge in [0.25, 0.3) is 0 Å². The first-order valence-corrected chi connectivity index (χ1v) is 8.48. The van der Waals surface area contributed by atoms with Crippen LogP contribution in [0.2, 0.25) is 0 Å². The molecule has 2 aliphatic rings. The van der Waals surface area contributed by atoms with Crippen molar-refractivity contribution in [1.82, 2.24) is 19.5 Å². The van der Waals surface area contributed by atoms with E-state index in [9.17, 15) is 4.39 Å². The second kappa shape index (κ2) is 5.75. The molecule has 2 aromatic heterocycles. The van der Waals surface area contributed by atoms with Gasteiger partial charge in [0.15, 0.2) is 16.8 Å². The van der Waals surface area contributed by atoms with E-state index in [1.807, 2.05) is 11.1 Å².